The van der Waals surface area contributed by atoms with Crippen molar-refractivity contribution in [2.24, 2.45) is 0 Å². The third-order valence-corrected chi connectivity index (χ3v) is 3.17. The predicted octanol–water partition coefficient (Wildman–Crippen LogP) is 1.90. The number of rotatable bonds is 4. The third kappa shape index (κ3) is 2.84. The van der Waals surface area contributed by atoms with Gasteiger partial charge in [0.2, 0.25) is 5.88 Å². The van der Waals surface area contributed by atoms with Crippen LogP contribution in [0.2, 0.25) is 0 Å². The van der Waals surface area contributed by atoms with E-state index in [1.807, 2.05) is 12.1 Å². The van der Waals surface area contributed by atoms with Crippen molar-refractivity contribution in [3.8, 4) is 5.88 Å². The number of aromatic nitrogens is 3. The summed E-state index contributed by atoms with van der Waals surface area (Å²) in [5.74, 6) is 0.392. The van der Waals surface area contributed by atoms with Crippen molar-refractivity contribution in [1.29, 1.82) is 0 Å². The molecule has 0 aliphatic heterocycles. The van der Waals surface area contributed by atoms with E-state index < -0.39 is 0 Å². The lowest BCUT2D eigenvalue weighted by atomic mass is 10.1. The summed E-state index contributed by atoms with van der Waals surface area (Å²) in [6, 6.07) is 9.05. The Balaban J connectivity index is 1.70. The number of pyridine rings is 1. The number of ether oxygens (including phenoxy) is 1. The molecule has 0 bridgehead atoms. The Kier molecular flexibility index (Phi) is 3.51. The molecule has 2 aromatic heterocycles. The van der Waals surface area contributed by atoms with Gasteiger partial charge in [-0.3, -0.25) is 9.89 Å². The zero-order valence-electron chi connectivity index (χ0n) is 11.5. The van der Waals surface area contributed by atoms with Gasteiger partial charge in [0, 0.05) is 29.8 Å². The fourth-order valence-electron chi connectivity index (χ4n) is 2.03. The first-order valence-electron chi connectivity index (χ1n) is 6.46. The van der Waals surface area contributed by atoms with Gasteiger partial charge in [0.05, 0.1) is 18.8 Å². The van der Waals surface area contributed by atoms with Gasteiger partial charge >= 0.3 is 0 Å². The second kappa shape index (κ2) is 5.62. The first kappa shape index (κ1) is 13.1. The molecule has 1 amide bonds. The number of H-pyrrole nitrogens is 1. The van der Waals surface area contributed by atoms with E-state index in [0.717, 1.165) is 16.5 Å². The van der Waals surface area contributed by atoms with Crippen molar-refractivity contribution in [3.05, 3.63) is 53.9 Å². The van der Waals surface area contributed by atoms with Crippen molar-refractivity contribution < 1.29 is 9.53 Å². The molecule has 6 heteroatoms. The lowest BCUT2D eigenvalue weighted by molar-refractivity contribution is 0.0951. The van der Waals surface area contributed by atoms with Crippen molar-refractivity contribution in [1.82, 2.24) is 20.5 Å². The Labute approximate surface area is 121 Å². The molecule has 3 rings (SSSR count). The van der Waals surface area contributed by atoms with Gasteiger partial charge in [-0.25, -0.2) is 4.98 Å². The van der Waals surface area contributed by atoms with Crippen LogP contribution in [-0.2, 0) is 6.54 Å². The van der Waals surface area contributed by atoms with Crippen LogP contribution < -0.4 is 10.1 Å². The van der Waals surface area contributed by atoms with Crippen LogP contribution in [0.15, 0.2) is 42.7 Å². The summed E-state index contributed by atoms with van der Waals surface area (Å²) >= 11 is 0. The maximum atomic E-state index is 12.1. The Morgan fingerprint density at radius 1 is 1.33 bits per heavy atom. The molecule has 3 aromatic rings. The molecule has 0 saturated heterocycles. The normalized spacial score (nSPS) is 10.5. The maximum absolute atomic E-state index is 12.1. The molecule has 0 atom stereocenters. The molecular weight excluding hydrogens is 268 g/mol. The van der Waals surface area contributed by atoms with E-state index in [1.165, 1.54) is 0 Å². The smallest absolute Gasteiger partial charge is 0.251 e. The molecule has 0 aliphatic carbocycles. The highest BCUT2D eigenvalue weighted by Crippen LogP contribution is 2.13. The number of nitrogens with zero attached hydrogens (tertiary/aromatic N) is 2. The lowest BCUT2D eigenvalue weighted by Gasteiger charge is -2.06. The highest BCUT2D eigenvalue weighted by molar-refractivity contribution is 5.97. The second-order valence-electron chi connectivity index (χ2n) is 4.56. The minimum atomic E-state index is -0.137. The van der Waals surface area contributed by atoms with Crippen LogP contribution in [0.25, 0.3) is 10.9 Å². The number of hydrogen-bond acceptors (Lipinski definition) is 4. The number of hydrogen-bond donors (Lipinski definition) is 2. The zero-order chi connectivity index (χ0) is 14.7. The summed E-state index contributed by atoms with van der Waals surface area (Å²) in [4.78, 5) is 16.2. The largest absolute Gasteiger partial charge is 0.481 e. The fourth-order valence-corrected chi connectivity index (χ4v) is 2.03. The molecule has 0 fully saturated rings. The summed E-state index contributed by atoms with van der Waals surface area (Å²) in [7, 11) is 1.56. The quantitative estimate of drug-likeness (QED) is 0.766. The van der Waals surface area contributed by atoms with E-state index in [1.54, 1.807) is 37.7 Å². The second-order valence-corrected chi connectivity index (χ2v) is 4.56. The lowest BCUT2D eigenvalue weighted by Crippen LogP contribution is -2.22. The van der Waals surface area contributed by atoms with Gasteiger partial charge in [-0.1, -0.05) is 6.07 Å². The maximum Gasteiger partial charge on any atom is 0.251 e. The predicted molar refractivity (Wildman–Crippen MR) is 78.1 cm³/mol. The van der Waals surface area contributed by atoms with Crippen LogP contribution in [0.3, 0.4) is 0 Å². The van der Waals surface area contributed by atoms with Gasteiger partial charge in [-0.15, -0.1) is 0 Å². The van der Waals surface area contributed by atoms with Crippen LogP contribution in [0, 0.1) is 0 Å². The Morgan fingerprint density at radius 2 is 2.24 bits per heavy atom. The summed E-state index contributed by atoms with van der Waals surface area (Å²) in [6.45, 7) is 0.415. The van der Waals surface area contributed by atoms with Crippen LogP contribution in [-0.4, -0.2) is 28.2 Å². The molecule has 21 heavy (non-hydrogen) atoms. The number of carbonyl (C=O) groups is 1. The number of benzene rings is 1. The molecule has 0 radical (unpaired) electrons. The van der Waals surface area contributed by atoms with Crippen molar-refractivity contribution in [3.63, 3.8) is 0 Å². The number of fused-ring (bicyclic) bond motifs is 1. The van der Waals surface area contributed by atoms with Gasteiger partial charge in [0.25, 0.3) is 5.91 Å². The topological polar surface area (TPSA) is 79.9 Å². The van der Waals surface area contributed by atoms with E-state index in [4.69, 9.17) is 4.74 Å². The van der Waals surface area contributed by atoms with E-state index in [9.17, 15) is 4.79 Å². The Morgan fingerprint density at radius 3 is 3.10 bits per heavy atom. The molecule has 0 aliphatic rings. The average Bonchev–Trinajstić information content (AvgIpc) is 3.00. The SMILES string of the molecule is COc1cc(CNC(=O)c2ccc3cn[nH]c3c2)ccn1. The Hall–Kier alpha value is -2.89. The molecule has 0 spiro atoms. The Bertz CT molecular complexity index is 782. The van der Waals surface area contributed by atoms with E-state index in [0.29, 0.717) is 18.0 Å². The zero-order valence-corrected chi connectivity index (χ0v) is 11.5. The minimum Gasteiger partial charge on any atom is -0.481 e. The van der Waals surface area contributed by atoms with Crippen molar-refractivity contribution in [2.45, 2.75) is 6.54 Å². The van der Waals surface area contributed by atoms with Gasteiger partial charge in [-0.05, 0) is 23.8 Å². The molecule has 2 heterocycles. The van der Waals surface area contributed by atoms with Crippen LogP contribution >= 0.6 is 0 Å². The van der Waals surface area contributed by atoms with Crippen LogP contribution in [0.1, 0.15) is 15.9 Å². The van der Waals surface area contributed by atoms with Crippen LogP contribution in [0.4, 0.5) is 0 Å². The van der Waals surface area contributed by atoms with E-state index in [2.05, 4.69) is 20.5 Å². The number of nitrogens with one attached hydrogen (secondary N) is 2. The summed E-state index contributed by atoms with van der Waals surface area (Å²) < 4.78 is 5.05. The molecular formula is C15H14N4O2. The molecule has 1 aromatic carbocycles. The number of aromatic amines is 1. The van der Waals surface area contributed by atoms with Gasteiger partial charge in [-0.2, -0.15) is 5.10 Å². The van der Waals surface area contributed by atoms with Gasteiger partial charge < -0.3 is 10.1 Å². The summed E-state index contributed by atoms with van der Waals surface area (Å²) in [5, 5.41) is 10.6. The molecule has 0 saturated carbocycles. The minimum absolute atomic E-state index is 0.137. The standard InChI is InChI=1S/C15H14N4O2/c1-21-14-6-10(4-5-16-14)8-17-15(20)11-2-3-12-9-18-19-13(12)7-11/h2-7,9H,8H2,1H3,(H,17,20)(H,18,19). The molecule has 106 valence electrons. The van der Waals surface area contributed by atoms with Gasteiger partial charge in [0.15, 0.2) is 0 Å². The average molecular weight is 282 g/mol. The van der Waals surface area contributed by atoms with Gasteiger partial charge in [0.1, 0.15) is 0 Å². The first-order valence-corrected chi connectivity index (χ1v) is 6.46. The highest BCUT2D eigenvalue weighted by atomic mass is 16.5. The van der Waals surface area contributed by atoms with E-state index in [-0.39, 0.29) is 5.91 Å². The fraction of sp³-hybridized carbons (Fsp3) is 0.133. The first-order chi connectivity index (χ1) is 10.3. The number of methoxy groups -OCH3 is 1. The van der Waals surface area contributed by atoms with Crippen molar-refractivity contribution in [2.75, 3.05) is 7.11 Å². The molecule has 0 unspecified atom stereocenters. The monoisotopic (exact) mass is 282 g/mol. The number of amides is 1. The van der Waals surface area contributed by atoms with E-state index >= 15 is 0 Å². The molecule has 6 nitrogen and oxygen atoms in total. The number of carbonyl (C=O) groups excluding carboxylic acids is 1. The van der Waals surface area contributed by atoms with Crippen LogP contribution in [0.5, 0.6) is 5.88 Å². The molecule has 2 N–H and O–H groups in total. The highest BCUT2D eigenvalue weighted by Gasteiger charge is 2.07. The summed E-state index contributed by atoms with van der Waals surface area (Å²) in [6.07, 6.45) is 3.37. The summed E-state index contributed by atoms with van der Waals surface area (Å²) in [5.41, 5.74) is 2.36. The van der Waals surface area contributed by atoms with Crippen molar-refractivity contribution >= 4 is 16.8 Å². The third-order valence-electron chi connectivity index (χ3n) is 3.17.